The van der Waals surface area contributed by atoms with E-state index in [0.29, 0.717) is 0 Å². The van der Waals surface area contributed by atoms with E-state index in [1.54, 1.807) is 0 Å². The minimum Gasteiger partial charge on any atom is -0.511 e. The Kier molecular flexibility index (Phi) is 17.9. The summed E-state index contributed by atoms with van der Waals surface area (Å²) in [6, 6.07) is 0. The predicted octanol–water partition coefficient (Wildman–Crippen LogP) is 0.326. The van der Waals surface area contributed by atoms with Gasteiger partial charge in [0.25, 0.3) is 0 Å². The zero-order chi connectivity index (χ0) is 19.1. The average Bonchev–Trinajstić information content (AvgIpc) is 2.54. The monoisotopic (exact) mass is 411 g/mol. The number of carbonyl (C=O) groups is 4. The molecule has 0 atom stereocenters. The van der Waals surface area contributed by atoms with Gasteiger partial charge in [-0.15, -0.1) is 0 Å². The van der Waals surface area contributed by atoms with E-state index in [4.69, 9.17) is 10.2 Å². The zero-order valence-corrected chi connectivity index (χ0v) is 15.0. The van der Waals surface area contributed by atoms with E-state index in [1.807, 2.05) is 0 Å². The second-order valence-corrected chi connectivity index (χ2v) is 3.82. The third kappa shape index (κ3) is 17.7. The van der Waals surface area contributed by atoms with Crippen molar-refractivity contribution >= 4 is 23.9 Å². The Morgan fingerprint density at radius 1 is 0.680 bits per heavy atom. The molecule has 2 N–H and O–H groups in total. The fourth-order valence-corrected chi connectivity index (χ4v) is 0.932. The summed E-state index contributed by atoms with van der Waals surface area (Å²) in [7, 11) is 4.72. The maximum atomic E-state index is 10.5. The Balaban J connectivity index is -0.000000372. The van der Waals surface area contributed by atoms with E-state index < -0.39 is 23.9 Å². The van der Waals surface area contributed by atoms with Gasteiger partial charge in [-0.3, -0.25) is 9.59 Å². The van der Waals surface area contributed by atoms with Crippen molar-refractivity contribution < 1.29 is 65.4 Å². The van der Waals surface area contributed by atoms with Crippen molar-refractivity contribution in [3.8, 4) is 0 Å². The molecule has 0 aromatic carbocycles. The Morgan fingerprint density at radius 2 is 0.960 bits per heavy atom. The summed E-state index contributed by atoms with van der Waals surface area (Å²) in [5.41, 5.74) is 0. The topological polar surface area (TPSA) is 146 Å². The van der Waals surface area contributed by atoms with Crippen molar-refractivity contribution in [3.63, 3.8) is 0 Å². The van der Waals surface area contributed by atoms with Crippen molar-refractivity contribution in [2.75, 3.05) is 28.4 Å². The Bertz CT molecular complexity index is 464. The van der Waals surface area contributed by atoms with Gasteiger partial charge >= 0.3 is 23.9 Å². The van der Waals surface area contributed by atoms with Crippen LogP contribution in [0, 0.1) is 0 Å². The number of aliphatic hydroxyl groups is 2. The largest absolute Gasteiger partial charge is 0.511 e. The molecule has 0 saturated carbocycles. The standard InChI is InChI=1S/2C7H10O5.Cu/c2*1-11-6(9)3-5(8)4-7(10)12-2;/h2*3,8H,4H2,1-2H3;/b2*5-3-;. The number of ether oxygens (including phenoxy) is 4. The number of esters is 4. The first-order valence-corrected chi connectivity index (χ1v) is 6.28. The first-order valence-electron chi connectivity index (χ1n) is 6.28. The van der Waals surface area contributed by atoms with Crippen LogP contribution in [-0.2, 0) is 55.2 Å². The number of rotatable bonds is 6. The van der Waals surface area contributed by atoms with E-state index in [9.17, 15) is 19.2 Å². The van der Waals surface area contributed by atoms with E-state index in [2.05, 4.69) is 18.9 Å². The van der Waals surface area contributed by atoms with Crippen LogP contribution in [0.2, 0.25) is 0 Å². The number of methoxy groups -OCH3 is 4. The molecule has 10 nitrogen and oxygen atoms in total. The molecule has 0 heterocycles. The molecule has 0 unspecified atom stereocenters. The molecule has 0 spiro atoms. The summed E-state index contributed by atoms with van der Waals surface area (Å²) in [6.07, 6.45) is 0.977. The Hall–Kier alpha value is -2.52. The Labute approximate surface area is 154 Å². The molecule has 0 fully saturated rings. The van der Waals surface area contributed by atoms with Gasteiger partial charge in [0.05, 0.1) is 40.6 Å². The maximum Gasteiger partial charge on any atom is 0.333 e. The van der Waals surface area contributed by atoms with Gasteiger partial charge in [-0.1, -0.05) is 0 Å². The number of aliphatic hydroxyl groups excluding tert-OH is 2. The molecule has 0 amide bonds. The molecule has 0 saturated heterocycles. The van der Waals surface area contributed by atoms with Crippen LogP contribution in [0.25, 0.3) is 0 Å². The number of hydrogen-bond donors (Lipinski definition) is 2. The van der Waals surface area contributed by atoms with Crippen molar-refractivity contribution in [2.45, 2.75) is 12.8 Å². The summed E-state index contributed by atoms with van der Waals surface area (Å²) >= 11 is 0. The van der Waals surface area contributed by atoms with Gasteiger partial charge in [-0.05, 0) is 0 Å². The normalized spacial score (nSPS) is 10.2. The van der Waals surface area contributed by atoms with Crippen LogP contribution >= 0.6 is 0 Å². The molecular weight excluding hydrogens is 392 g/mol. The van der Waals surface area contributed by atoms with Crippen LogP contribution in [0.1, 0.15) is 12.8 Å². The van der Waals surface area contributed by atoms with Gasteiger partial charge in [-0.2, -0.15) is 0 Å². The van der Waals surface area contributed by atoms with E-state index in [-0.39, 0.29) is 41.4 Å². The van der Waals surface area contributed by atoms with Crippen molar-refractivity contribution in [3.05, 3.63) is 23.7 Å². The van der Waals surface area contributed by atoms with Crippen LogP contribution in [-0.4, -0.2) is 62.5 Å². The summed E-state index contributed by atoms with van der Waals surface area (Å²) in [5, 5.41) is 17.8. The molecule has 0 aliphatic rings. The summed E-state index contributed by atoms with van der Waals surface area (Å²) in [6.45, 7) is 0. The molecule has 0 aromatic rings. The van der Waals surface area contributed by atoms with Crippen LogP contribution in [0.5, 0.6) is 0 Å². The van der Waals surface area contributed by atoms with E-state index in [0.717, 1.165) is 12.2 Å². The van der Waals surface area contributed by atoms with Gasteiger partial charge in [0, 0.05) is 17.1 Å². The molecule has 1 radical (unpaired) electrons. The average molecular weight is 412 g/mol. The zero-order valence-electron chi connectivity index (χ0n) is 14.0. The first-order chi connectivity index (χ1) is 11.2. The quantitative estimate of drug-likeness (QED) is 0.206. The first kappa shape index (κ1) is 27.3. The fraction of sp³-hybridized carbons (Fsp3) is 0.429. The van der Waals surface area contributed by atoms with Crippen molar-refractivity contribution in [2.24, 2.45) is 0 Å². The summed E-state index contributed by atoms with van der Waals surface area (Å²) in [4.78, 5) is 42.0. The predicted molar refractivity (Wildman–Crippen MR) is 78.7 cm³/mol. The molecule has 0 aromatic heterocycles. The maximum absolute atomic E-state index is 10.5. The number of carbonyl (C=O) groups excluding carboxylic acids is 4. The second-order valence-electron chi connectivity index (χ2n) is 3.82. The third-order valence-corrected chi connectivity index (χ3v) is 2.08. The van der Waals surface area contributed by atoms with Crippen LogP contribution < -0.4 is 0 Å². The SMILES string of the molecule is COC(=O)/C=C(\O)CC(=O)OC.COC(=O)/C=C(\O)CC(=O)OC.[Cu]. The number of hydrogen-bond acceptors (Lipinski definition) is 10. The van der Waals surface area contributed by atoms with Crippen molar-refractivity contribution in [1.82, 2.24) is 0 Å². The molecule has 147 valence electrons. The molecule has 25 heavy (non-hydrogen) atoms. The smallest absolute Gasteiger partial charge is 0.333 e. The van der Waals surface area contributed by atoms with Gasteiger partial charge in [0.2, 0.25) is 0 Å². The summed E-state index contributed by atoms with van der Waals surface area (Å²) in [5.74, 6) is -3.42. The Morgan fingerprint density at radius 3 is 1.16 bits per heavy atom. The van der Waals surface area contributed by atoms with Gasteiger partial charge in [0.1, 0.15) is 24.4 Å². The molecule has 11 heteroatoms. The second kappa shape index (κ2) is 16.3. The van der Waals surface area contributed by atoms with Crippen LogP contribution in [0.15, 0.2) is 23.7 Å². The van der Waals surface area contributed by atoms with Gasteiger partial charge in [-0.25, -0.2) is 9.59 Å². The molecule has 0 bridgehead atoms. The minimum atomic E-state index is -0.712. The molecular formula is C14H20CuO10. The van der Waals surface area contributed by atoms with E-state index >= 15 is 0 Å². The third-order valence-electron chi connectivity index (χ3n) is 2.08. The molecule has 0 rings (SSSR count). The van der Waals surface area contributed by atoms with Crippen LogP contribution in [0.4, 0.5) is 0 Å². The van der Waals surface area contributed by atoms with Crippen molar-refractivity contribution in [1.29, 1.82) is 0 Å². The van der Waals surface area contributed by atoms with E-state index in [1.165, 1.54) is 28.4 Å². The molecule has 0 aliphatic heterocycles. The van der Waals surface area contributed by atoms with Gasteiger partial charge < -0.3 is 29.2 Å². The molecule has 0 aliphatic carbocycles. The van der Waals surface area contributed by atoms with Crippen LogP contribution in [0.3, 0.4) is 0 Å². The van der Waals surface area contributed by atoms with Gasteiger partial charge in [0.15, 0.2) is 0 Å². The minimum absolute atomic E-state index is 0. The fourth-order valence-electron chi connectivity index (χ4n) is 0.932. The summed E-state index contributed by atoms with van der Waals surface area (Å²) < 4.78 is 16.9.